The van der Waals surface area contributed by atoms with Crippen molar-refractivity contribution in [3.8, 4) is 0 Å². The van der Waals surface area contributed by atoms with Crippen molar-refractivity contribution < 1.29 is 19.5 Å². The second kappa shape index (κ2) is 13.0. The van der Waals surface area contributed by atoms with Crippen molar-refractivity contribution in [2.75, 3.05) is 32.8 Å². The first-order valence-corrected chi connectivity index (χ1v) is 15.4. The average molecular weight is 548 g/mol. The van der Waals surface area contributed by atoms with E-state index in [-0.39, 0.29) is 41.4 Å². The van der Waals surface area contributed by atoms with Gasteiger partial charge in [-0.1, -0.05) is 53.2 Å². The maximum absolute atomic E-state index is 14.5. The number of likely N-dealkylation sites (tertiary alicyclic amines) is 1. The van der Waals surface area contributed by atoms with Gasteiger partial charge in [0.2, 0.25) is 17.7 Å². The van der Waals surface area contributed by atoms with Crippen LogP contribution in [0.3, 0.4) is 0 Å². The number of fused-ring (bicyclic) bond motifs is 1. The van der Waals surface area contributed by atoms with Gasteiger partial charge in [-0.2, -0.15) is 0 Å². The summed E-state index contributed by atoms with van der Waals surface area (Å²) >= 11 is 1.71. The Morgan fingerprint density at radius 2 is 1.76 bits per heavy atom. The van der Waals surface area contributed by atoms with Crippen molar-refractivity contribution in [2.24, 2.45) is 23.7 Å². The van der Waals surface area contributed by atoms with Crippen molar-refractivity contribution in [3.63, 3.8) is 0 Å². The van der Waals surface area contributed by atoms with E-state index < -0.39 is 28.7 Å². The molecule has 0 aromatic heterocycles. The van der Waals surface area contributed by atoms with Gasteiger partial charge in [0.05, 0.1) is 29.2 Å². The smallest absolute Gasteiger partial charge is 0.247 e. The van der Waals surface area contributed by atoms with Gasteiger partial charge in [0, 0.05) is 31.4 Å². The van der Waals surface area contributed by atoms with Crippen LogP contribution in [0.1, 0.15) is 66.7 Å². The Hall–Kier alpha value is -1.80. The van der Waals surface area contributed by atoms with Crippen LogP contribution >= 0.6 is 11.8 Å². The molecular weight excluding hydrogens is 498 g/mol. The highest BCUT2D eigenvalue weighted by Gasteiger charge is 2.77. The van der Waals surface area contributed by atoms with Gasteiger partial charge in [0.15, 0.2) is 0 Å². The molecule has 3 unspecified atom stereocenters. The van der Waals surface area contributed by atoms with Crippen molar-refractivity contribution >= 4 is 29.5 Å². The molecule has 1 spiro atoms. The van der Waals surface area contributed by atoms with Gasteiger partial charge in [-0.15, -0.1) is 24.9 Å². The normalized spacial score (nSPS) is 30.4. The molecule has 0 aromatic rings. The summed E-state index contributed by atoms with van der Waals surface area (Å²) in [7, 11) is 0. The number of carbonyl (C=O) groups excluding carboxylic acids is 3. The summed E-state index contributed by atoms with van der Waals surface area (Å²) in [5.41, 5.74) is 0. The Morgan fingerprint density at radius 3 is 2.29 bits per heavy atom. The van der Waals surface area contributed by atoms with Crippen LogP contribution in [0.5, 0.6) is 0 Å². The lowest BCUT2D eigenvalue weighted by atomic mass is 9.65. The van der Waals surface area contributed by atoms with Crippen LogP contribution in [-0.4, -0.2) is 92.4 Å². The standard InChI is InChI=1S/C30H49N3O4S/c1-8-12-16-32(15-11-4)29(37)26-30-21(7)18-23(38-30)24(27(35)31(13-9-2)14-10-3)25(30)28(36)33(26)22(19-34)17-20(5)6/h9,11,20-26,34H,2,4,8,10,12-19H2,1,3,5-7H3/t21?,22-,23-,24+,25+,26?,30?/m1/s1. The third kappa shape index (κ3) is 5.32. The minimum atomic E-state index is -0.700. The molecule has 7 atom stereocenters. The quantitative estimate of drug-likeness (QED) is 0.314. The molecule has 2 bridgehead atoms. The largest absolute Gasteiger partial charge is 0.394 e. The summed E-state index contributed by atoms with van der Waals surface area (Å²) in [4.78, 5) is 48.4. The first-order chi connectivity index (χ1) is 18.1. The number of amides is 3. The molecule has 3 fully saturated rings. The summed E-state index contributed by atoms with van der Waals surface area (Å²) in [5.74, 6) is -0.883. The second-order valence-electron chi connectivity index (χ2n) is 11.8. The zero-order valence-electron chi connectivity index (χ0n) is 24.1. The van der Waals surface area contributed by atoms with Crippen LogP contribution in [0.15, 0.2) is 25.3 Å². The number of rotatable bonds is 15. The number of aliphatic hydroxyl groups excluding tert-OH is 1. The molecule has 8 heteroatoms. The molecule has 0 saturated carbocycles. The van der Waals surface area contributed by atoms with Crippen LogP contribution in [0.2, 0.25) is 0 Å². The van der Waals surface area contributed by atoms with E-state index in [2.05, 4.69) is 40.9 Å². The van der Waals surface area contributed by atoms with E-state index in [1.807, 2.05) is 16.7 Å². The highest BCUT2D eigenvalue weighted by atomic mass is 32.2. The lowest BCUT2D eigenvalue weighted by Gasteiger charge is -2.42. The summed E-state index contributed by atoms with van der Waals surface area (Å²) in [5, 5.41) is 10.5. The minimum Gasteiger partial charge on any atom is -0.394 e. The van der Waals surface area contributed by atoms with Crippen LogP contribution in [0, 0.1) is 23.7 Å². The fourth-order valence-electron chi connectivity index (χ4n) is 7.13. The van der Waals surface area contributed by atoms with Gasteiger partial charge in [0.1, 0.15) is 6.04 Å². The lowest BCUT2D eigenvalue weighted by molar-refractivity contribution is -0.147. The molecule has 3 aliphatic heterocycles. The molecule has 7 nitrogen and oxygen atoms in total. The van der Waals surface area contributed by atoms with Gasteiger partial charge < -0.3 is 19.8 Å². The van der Waals surface area contributed by atoms with Crippen LogP contribution in [0.25, 0.3) is 0 Å². The SMILES string of the molecule is C=CCN(CCCC)C(=O)C1N([C@@H](CO)CC(C)C)C(=O)[C@@H]2[C@@H](C(=O)N(CC=C)CCC)[C@H]3CC(C)C12S3. The number of nitrogens with zero attached hydrogens (tertiary/aromatic N) is 3. The zero-order valence-corrected chi connectivity index (χ0v) is 24.9. The fraction of sp³-hybridized carbons (Fsp3) is 0.767. The highest BCUT2D eigenvalue weighted by Crippen LogP contribution is 2.69. The second-order valence-corrected chi connectivity index (χ2v) is 13.3. The molecule has 38 heavy (non-hydrogen) atoms. The zero-order chi connectivity index (χ0) is 28.2. The minimum absolute atomic E-state index is 0.00256. The van der Waals surface area contributed by atoms with E-state index in [0.717, 1.165) is 25.7 Å². The van der Waals surface area contributed by atoms with E-state index in [1.165, 1.54) is 0 Å². The molecule has 0 aromatic carbocycles. The van der Waals surface area contributed by atoms with Gasteiger partial charge in [-0.05, 0) is 37.5 Å². The number of thioether (sulfide) groups is 1. The molecule has 0 radical (unpaired) electrons. The van der Waals surface area contributed by atoms with Crippen LogP contribution in [-0.2, 0) is 14.4 Å². The first kappa shape index (κ1) is 30.7. The van der Waals surface area contributed by atoms with Crippen LogP contribution in [0.4, 0.5) is 0 Å². The summed E-state index contributed by atoms with van der Waals surface area (Å²) in [6.45, 7) is 20.0. The molecule has 214 valence electrons. The number of hydrogen-bond acceptors (Lipinski definition) is 5. The van der Waals surface area contributed by atoms with E-state index >= 15 is 0 Å². The number of carbonyl (C=O) groups is 3. The monoisotopic (exact) mass is 547 g/mol. The molecule has 3 aliphatic rings. The molecule has 3 rings (SSSR count). The predicted molar refractivity (Wildman–Crippen MR) is 155 cm³/mol. The topological polar surface area (TPSA) is 81.2 Å². The lowest BCUT2D eigenvalue weighted by Crippen LogP contribution is -2.59. The van der Waals surface area contributed by atoms with Crippen LogP contribution < -0.4 is 0 Å². The van der Waals surface area contributed by atoms with Gasteiger partial charge in [-0.25, -0.2) is 0 Å². The van der Waals surface area contributed by atoms with E-state index in [1.54, 1.807) is 28.8 Å². The predicted octanol–water partition coefficient (Wildman–Crippen LogP) is 3.97. The summed E-state index contributed by atoms with van der Waals surface area (Å²) in [6.07, 6.45) is 7.54. The maximum Gasteiger partial charge on any atom is 0.247 e. The highest BCUT2D eigenvalue weighted by molar-refractivity contribution is 8.02. The third-order valence-electron chi connectivity index (χ3n) is 8.65. The summed E-state index contributed by atoms with van der Waals surface area (Å²) < 4.78 is -0.679. The van der Waals surface area contributed by atoms with Crippen molar-refractivity contribution in [2.45, 2.75) is 88.8 Å². The Labute approximate surface area is 234 Å². The van der Waals surface area contributed by atoms with E-state index in [4.69, 9.17) is 0 Å². The van der Waals surface area contributed by atoms with Gasteiger partial charge >= 0.3 is 0 Å². The summed E-state index contributed by atoms with van der Waals surface area (Å²) in [6, 6.07) is -1.16. The Kier molecular flexibility index (Phi) is 10.5. The van der Waals surface area contributed by atoms with Crippen molar-refractivity contribution in [1.82, 2.24) is 14.7 Å². The van der Waals surface area contributed by atoms with E-state index in [0.29, 0.717) is 32.6 Å². The van der Waals surface area contributed by atoms with Crippen molar-refractivity contribution in [1.29, 1.82) is 0 Å². The molecule has 3 heterocycles. The molecule has 3 amide bonds. The fourth-order valence-corrected chi connectivity index (χ4v) is 9.53. The third-order valence-corrected chi connectivity index (χ3v) is 10.7. The number of hydrogen-bond donors (Lipinski definition) is 1. The number of aliphatic hydroxyl groups is 1. The van der Waals surface area contributed by atoms with Crippen molar-refractivity contribution in [3.05, 3.63) is 25.3 Å². The molecule has 0 aliphatic carbocycles. The maximum atomic E-state index is 14.5. The Balaban J connectivity index is 2.13. The molecular formula is C30H49N3O4S. The molecule has 3 saturated heterocycles. The Bertz CT molecular complexity index is 895. The molecule has 1 N–H and O–H groups in total. The van der Waals surface area contributed by atoms with E-state index in [9.17, 15) is 19.5 Å². The Morgan fingerprint density at radius 1 is 1.13 bits per heavy atom. The average Bonchev–Trinajstić information content (AvgIpc) is 3.47. The first-order valence-electron chi connectivity index (χ1n) is 14.5. The van der Waals surface area contributed by atoms with Gasteiger partial charge in [0.25, 0.3) is 0 Å². The number of unbranched alkanes of at least 4 members (excludes halogenated alkanes) is 1. The van der Waals surface area contributed by atoms with Gasteiger partial charge in [-0.3, -0.25) is 14.4 Å².